The molecule has 5 heteroatoms. The highest BCUT2D eigenvalue weighted by Gasteiger charge is 2.26. The van der Waals surface area contributed by atoms with Crippen LogP contribution in [0.15, 0.2) is 5.38 Å². The van der Waals surface area contributed by atoms with Crippen molar-refractivity contribution >= 4 is 11.3 Å². The van der Waals surface area contributed by atoms with E-state index >= 15 is 0 Å². The third-order valence-electron chi connectivity index (χ3n) is 4.38. The molecule has 1 saturated heterocycles. The number of nitrogens with one attached hydrogen (secondary N) is 1. The Kier molecular flexibility index (Phi) is 4.71. The van der Waals surface area contributed by atoms with Gasteiger partial charge in [-0.3, -0.25) is 4.90 Å². The molecule has 0 bridgehead atoms. The van der Waals surface area contributed by atoms with Gasteiger partial charge in [-0.15, -0.1) is 11.3 Å². The fourth-order valence-corrected chi connectivity index (χ4v) is 3.54. The van der Waals surface area contributed by atoms with Crippen molar-refractivity contribution in [3.63, 3.8) is 0 Å². The summed E-state index contributed by atoms with van der Waals surface area (Å²) in [6.07, 6.45) is 4.27. The molecule has 1 aromatic heterocycles. The van der Waals surface area contributed by atoms with Crippen LogP contribution in [0.1, 0.15) is 36.9 Å². The topological polar surface area (TPSA) is 37.4 Å². The highest BCUT2D eigenvalue weighted by Crippen LogP contribution is 2.22. The van der Waals surface area contributed by atoms with E-state index in [9.17, 15) is 0 Å². The summed E-state index contributed by atoms with van der Waals surface area (Å²) in [5.74, 6) is 0.671. The van der Waals surface area contributed by atoms with E-state index in [1.807, 2.05) is 7.11 Å². The summed E-state index contributed by atoms with van der Waals surface area (Å²) in [6.45, 7) is 6.38. The third kappa shape index (κ3) is 3.79. The first kappa shape index (κ1) is 14.4. The smallest absolute Gasteiger partial charge is 0.107 e. The number of aromatic nitrogens is 1. The van der Waals surface area contributed by atoms with Gasteiger partial charge < -0.3 is 10.1 Å². The molecule has 1 aliphatic heterocycles. The average Bonchev–Trinajstić information content (AvgIpc) is 3.18. The number of likely N-dealkylation sites (tertiary alicyclic amines) is 1. The van der Waals surface area contributed by atoms with E-state index in [0.717, 1.165) is 32.2 Å². The molecule has 112 valence electrons. The molecule has 2 heterocycles. The number of rotatable bonds is 6. The van der Waals surface area contributed by atoms with E-state index in [1.165, 1.54) is 30.0 Å². The lowest BCUT2D eigenvalue weighted by molar-refractivity contribution is -0.00774. The van der Waals surface area contributed by atoms with Crippen molar-refractivity contribution in [2.75, 3.05) is 20.2 Å². The summed E-state index contributed by atoms with van der Waals surface area (Å²) in [7, 11) is 1.83. The minimum Gasteiger partial charge on any atom is -0.380 e. The van der Waals surface area contributed by atoms with Gasteiger partial charge in [0.2, 0.25) is 0 Å². The van der Waals surface area contributed by atoms with E-state index in [1.54, 1.807) is 11.3 Å². The molecule has 2 fully saturated rings. The van der Waals surface area contributed by atoms with Crippen LogP contribution in [0.2, 0.25) is 0 Å². The van der Waals surface area contributed by atoms with Crippen molar-refractivity contribution in [1.82, 2.24) is 15.2 Å². The van der Waals surface area contributed by atoms with Gasteiger partial charge in [-0.1, -0.05) is 6.92 Å². The third-order valence-corrected chi connectivity index (χ3v) is 5.28. The first-order valence-electron chi connectivity index (χ1n) is 7.66. The molecule has 2 aliphatic rings. The van der Waals surface area contributed by atoms with Crippen molar-refractivity contribution in [2.24, 2.45) is 5.92 Å². The second-order valence-electron chi connectivity index (χ2n) is 6.16. The van der Waals surface area contributed by atoms with E-state index in [2.05, 4.69) is 22.5 Å². The molecule has 1 N–H and O–H groups in total. The lowest BCUT2D eigenvalue weighted by Crippen LogP contribution is -2.43. The summed E-state index contributed by atoms with van der Waals surface area (Å²) >= 11 is 1.78. The van der Waals surface area contributed by atoms with Gasteiger partial charge in [0.05, 0.1) is 11.8 Å². The highest BCUT2D eigenvalue weighted by atomic mass is 32.1. The summed E-state index contributed by atoms with van der Waals surface area (Å²) in [6, 6.07) is 0.758. The largest absolute Gasteiger partial charge is 0.380 e. The molecule has 0 aromatic carbocycles. The first-order chi connectivity index (χ1) is 9.74. The zero-order valence-electron chi connectivity index (χ0n) is 12.5. The quantitative estimate of drug-likeness (QED) is 0.873. The van der Waals surface area contributed by atoms with Crippen molar-refractivity contribution < 1.29 is 4.74 Å². The molecule has 3 rings (SSSR count). The number of hydrogen-bond acceptors (Lipinski definition) is 5. The summed E-state index contributed by atoms with van der Waals surface area (Å²) in [5.41, 5.74) is 1.21. The fourth-order valence-electron chi connectivity index (χ4n) is 2.80. The second kappa shape index (κ2) is 6.52. The molecular weight excluding hydrogens is 270 g/mol. The van der Waals surface area contributed by atoms with Crippen molar-refractivity contribution in [3.05, 3.63) is 16.1 Å². The van der Waals surface area contributed by atoms with E-state index in [0.29, 0.717) is 12.0 Å². The SMILES string of the molecule is COC1CN(Cc2csc(CNC3CC3)n2)CCC1C. The van der Waals surface area contributed by atoms with Crippen LogP contribution in [0.3, 0.4) is 0 Å². The van der Waals surface area contributed by atoms with Crippen LogP contribution in [-0.4, -0.2) is 42.2 Å². The molecule has 20 heavy (non-hydrogen) atoms. The van der Waals surface area contributed by atoms with Gasteiger partial charge in [-0.05, 0) is 31.7 Å². The fraction of sp³-hybridized carbons (Fsp3) is 0.800. The average molecular weight is 295 g/mol. The van der Waals surface area contributed by atoms with Crippen LogP contribution in [0.25, 0.3) is 0 Å². The Morgan fingerprint density at radius 2 is 2.30 bits per heavy atom. The number of thiazole rings is 1. The Morgan fingerprint density at radius 1 is 1.45 bits per heavy atom. The number of methoxy groups -OCH3 is 1. The molecule has 0 spiro atoms. The van der Waals surface area contributed by atoms with Crippen LogP contribution >= 0.6 is 11.3 Å². The number of nitrogens with zero attached hydrogens (tertiary/aromatic N) is 2. The molecule has 2 unspecified atom stereocenters. The lowest BCUT2D eigenvalue weighted by Gasteiger charge is -2.35. The Labute approximate surface area is 125 Å². The van der Waals surface area contributed by atoms with Gasteiger partial charge in [0, 0.05) is 38.2 Å². The maximum absolute atomic E-state index is 5.58. The zero-order valence-corrected chi connectivity index (χ0v) is 13.3. The van der Waals surface area contributed by atoms with Gasteiger partial charge in [0.25, 0.3) is 0 Å². The molecular formula is C15H25N3OS. The van der Waals surface area contributed by atoms with E-state index in [4.69, 9.17) is 9.72 Å². The normalized spacial score (nSPS) is 27.9. The number of ether oxygens (including phenoxy) is 1. The second-order valence-corrected chi connectivity index (χ2v) is 7.11. The Bertz CT molecular complexity index is 433. The monoisotopic (exact) mass is 295 g/mol. The van der Waals surface area contributed by atoms with Gasteiger partial charge in [-0.2, -0.15) is 0 Å². The number of hydrogen-bond donors (Lipinski definition) is 1. The van der Waals surface area contributed by atoms with Crippen molar-refractivity contribution in [1.29, 1.82) is 0 Å². The molecule has 1 aliphatic carbocycles. The lowest BCUT2D eigenvalue weighted by atomic mass is 9.96. The van der Waals surface area contributed by atoms with Crippen LogP contribution in [0, 0.1) is 5.92 Å². The van der Waals surface area contributed by atoms with Gasteiger partial charge in [-0.25, -0.2) is 4.98 Å². The van der Waals surface area contributed by atoms with Crippen LogP contribution < -0.4 is 5.32 Å². The summed E-state index contributed by atoms with van der Waals surface area (Å²) in [4.78, 5) is 7.22. The molecule has 4 nitrogen and oxygen atoms in total. The molecule has 0 amide bonds. The minimum atomic E-state index is 0.374. The van der Waals surface area contributed by atoms with Crippen LogP contribution in [-0.2, 0) is 17.8 Å². The van der Waals surface area contributed by atoms with Gasteiger partial charge >= 0.3 is 0 Å². The summed E-state index contributed by atoms with van der Waals surface area (Å²) in [5, 5.41) is 6.96. The Balaban J connectivity index is 1.49. The molecule has 1 saturated carbocycles. The van der Waals surface area contributed by atoms with Crippen molar-refractivity contribution in [2.45, 2.75) is 51.4 Å². The maximum Gasteiger partial charge on any atom is 0.107 e. The predicted octanol–water partition coefficient (Wildman–Crippen LogP) is 2.25. The maximum atomic E-state index is 5.58. The predicted molar refractivity (Wildman–Crippen MR) is 81.8 cm³/mol. The van der Waals surface area contributed by atoms with Crippen LogP contribution in [0.4, 0.5) is 0 Å². The standard InChI is InChI=1S/C15H25N3OS/c1-11-5-6-18(9-14(11)19-2)8-13-10-20-15(17-13)7-16-12-3-4-12/h10-12,14,16H,3-9H2,1-2H3. The van der Waals surface area contributed by atoms with E-state index in [-0.39, 0.29) is 0 Å². The van der Waals surface area contributed by atoms with E-state index < -0.39 is 0 Å². The molecule has 1 aromatic rings. The first-order valence-corrected chi connectivity index (χ1v) is 8.54. The molecule has 0 radical (unpaired) electrons. The zero-order chi connectivity index (χ0) is 13.9. The minimum absolute atomic E-state index is 0.374. The summed E-state index contributed by atoms with van der Waals surface area (Å²) < 4.78 is 5.58. The van der Waals surface area contributed by atoms with Gasteiger partial charge in [0.15, 0.2) is 0 Å². The Morgan fingerprint density at radius 3 is 3.05 bits per heavy atom. The van der Waals surface area contributed by atoms with Crippen LogP contribution in [0.5, 0.6) is 0 Å². The highest BCUT2D eigenvalue weighted by molar-refractivity contribution is 7.09. The Hall–Kier alpha value is -0.490. The molecule has 2 atom stereocenters. The van der Waals surface area contributed by atoms with Gasteiger partial charge in [0.1, 0.15) is 5.01 Å². The number of piperidine rings is 1. The van der Waals surface area contributed by atoms with Crippen molar-refractivity contribution in [3.8, 4) is 0 Å².